The van der Waals surface area contributed by atoms with Gasteiger partial charge in [-0.1, -0.05) is 12.1 Å². The lowest BCUT2D eigenvalue weighted by molar-refractivity contribution is -0.137. The Morgan fingerprint density at radius 1 is 1.00 bits per heavy atom. The van der Waals surface area contributed by atoms with Crippen LogP contribution in [0.25, 0.3) is 16.9 Å². The third kappa shape index (κ3) is 3.56. The zero-order valence-corrected chi connectivity index (χ0v) is 15.2. The van der Waals surface area contributed by atoms with Gasteiger partial charge in [-0.2, -0.15) is 23.5 Å². The van der Waals surface area contributed by atoms with Crippen LogP contribution >= 0.6 is 0 Å². The molecule has 0 unspecified atom stereocenters. The van der Waals surface area contributed by atoms with Crippen LogP contribution in [-0.2, 0) is 6.18 Å². The molecule has 4 aromatic rings. The molecule has 2 aromatic carbocycles. The third-order valence-corrected chi connectivity index (χ3v) is 4.33. The first-order chi connectivity index (χ1) is 14.4. The number of nitriles is 1. The maximum Gasteiger partial charge on any atom is 0.416 e. The lowest BCUT2D eigenvalue weighted by Gasteiger charge is -2.08. The molecule has 0 aliphatic rings. The van der Waals surface area contributed by atoms with Crippen molar-refractivity contribution in [2.45, 2.75) is 6.18 Å². The van der Waals surface area contributed by atoms with E-state index in [1.807, 2.05) is 6.07 Å². The minimum absolute atomic E-state index is 0.0319. The Morgan fingerprint density at radius 3 is 2.33 bits per heavy atom. The van der Waals surface area contributed by atoms with Crippen molar-refractivity contribution < 1.29 is 13.2 Å². The Hall–Kier alpha value is -4.26. The average molecular weight is 407 g/mol. The minimum Gasteiger partial charge on any atom is -0.283 e. The van der Waals surface area contributed by atoms with Crippen molar-refractivity contribution in [1.82, 2.24) is 19.2 Å². The van der Waals surface area contributed by atoms with E-state index in [4.69, 9.17) is 10.7 Å². The van der Waals surface area contributed by atoms with E-state index in [1.54, 1.807) is 24.3 Å². The van der Waals surface area contributed by atoms with Crippen LogP contribution in [0.3, 0.4) is 0 Å². The van der Waals surface area contributed by atoms with Gasteiger partial charge in [-0.15, -0.1) is 0 Å². The van der Waals surface area contributed by atoms with Crippen molar-refractivity contribution in [3.05, 3.63) is 83.4 Å². The fourth-order valence-electron chi connectivity index (χ4n) is 2.77. The van der Waals surface area contributed by atoms with Crippen molar-refractivity contribution in [3.8, 4) is 11.8 Å². The molecular formula is C20H12F3N7. The van der Waals surface area contributed by atoms with E-state index >= 15 is 0 Å². The van der Waals surface area contributed by atoms with E-state index in [2.05, 4.69) is 15.1 Å². The number of hydrogen-bond donors (Lipinski definition) is 1. The number of nitrogens with zero attached hydrogens (tertiary/aromatic N) is 6. The summed E-state index contributed by atoms with van der Waals surface area (Å²) in [6.45, 7) is 0. The summed E-state index contributed by atoms with van der Waals surface area (Å²) < 4.78 is 41.0. The Bertz CT molecular complexity index is 1340. The van der Waals surface area contributed by atoms with Crippen LogP contribution in [0.15, 0.2) is 66.3 Å². The summed E-state index contributed by atoms with van der Waals surface area (Å²) in [5, 5.41) is 21.3. The second-order valence-corrected chi connectivity index (χ2v) is 6.25. The molecule has 2 heterocycles. The van der Waals surface area contributed by atoms with Gasteiger partial charge >= 0.3 is 6.18 Å². The molecule has 0 bridgehead atoms. The predicted molar refractivity (Wildman–Crippen MR) is 102 cm³/mol. The predicted octanol–water partition coefficient (Wildman–Crippen LogP) is 3.47. The number of nitrogens with one attached hydrogen (secondary N) is 1. The molecule has 2 aromatic heterocycles. The number of alkyl halides is 3. The number of imidazole rings is 1. The molecule has 1 N–H and O–H groups in total. The van der Waals surface area contributed by atoms with Gasteiger partial charge in [0.2, 0.25) is 0 Å². The van der Waals surface area contributed by atoms with Crippen molar-refractivity contribution in [3.63, 3.8) is 0 Å². The molecule has 30 heavy (non-hydrogen) atoms. The van der Waals surface area contributed by atoms with Gasteiger partial charge < -0.3 is 0 Å². The first-order valence-corrected chi connectivity index (χ1v) is 8.58. The molecule has 0 saturated carbocycles. The van der Waals surface area contributed by atoms with Crippen molar-refractivity contribution in [1.29, 1.82) is 10.7 Å². The molecule has 10 heteroatoms. The van der Waals surface area contributed by atoms with Crippen LogP contribution in [0.5, 0.6) is 0 Å². The van der Waals surface area contributed by atoms with E-state index in [-0.39, 0.29) is 11.0 Å². The van der Waals surface area contributed by atoms with Gasteiger partial charge in [0.15, 0.2) is 16.7 Å². The molecule has 0 aliphatic heterocycles. The van der Waals surface area contributed by atoms with Gasteiger partial charge in [-0.05, 0) is 42.0 Å². The van der Waals surface area contributed by atoms with Crippen LogP contribution < -0.4 is 5.49 Å². The molecule has 0 radical (unpaired) electrons. The summed E-state index contributed by atoms with van der Waals surface area (Å²) in [4.78, 5) is 8.42. The SMILES string of the molecule is N#Cc1ccc(C=Nn2cnc3c(ncn3-c3ccc(C(F)(F)F)cc3)c2=N)cc1. The normalized spacial score (nSPS) is 11.8. The fourth-order valence-corrected chi connectivity index (χ4v) is 2.77. The number of aromatic nitrogens is 4. The smallest absolute Gasteiger partial charge is 0.283 e. The first-order valence-electron chi connectivity index (χ1n) is 8.58. The monoisotopic (exact) mass is 407 g/mol. The fraction of sp³-hybridized carbons (Fsp3) is 0.0500. The van der Waals surface area contributed by atoms with Gasteiger partial charge in [0, 0.05) is 5.69 Å². The molecule has 7 nitrogen and oxygen atoms in total. The van der Waals surface area contributed by atoms with E-state index in [9.17, 15) is 13.2 Å². The van der Waals surface area contributed by atoms with E-state index < -0.39 is 11.7 Å². The third-order valence-electron chi connectivity index (χ3n) is 4.33. The van der Waals surface area contributed by atoms with Crippen molar-refractivity contribution in [2.24, 2.45) is 5.10 Å². The zero-order valence-electron chi connectivity index (χ0n) is 15.2. The van der Waals surface area contributed by atoms with Gasteiger partial charge in [0.25, 0.3) is 0 Å². The van der Waals surface area contributed by atoms with Gasteiger partial charge in [0.1, 0.15) is 12.7 Å². The first kappa shape index (κ1) is 19.1. The molecular weight excluding hydrogens is 395 g/mol. The topological polar surface area (TPSA) is 95.6 Å². The largest absolute Gasteiger partial charge is 0.416 e. The van der Waals surface area contributed by atoms with Crippen LogP contribution in [0.4, 0.5) is 13.2 Å². The highest BCUT2D eigenvalue weighted by Gasteiger charge is 2.30. The molecule has 148 valence electrons. The molecule has 4 rings (SSSR count). The van der Waals surface area contributed by atoms with Crippen molar-refractivity contribution in [2.75, 3.05) is 0 Å². The van der Waals surface area contributed by atoms with E-state index in [0.717, 1.165) is 17.7 Å². The van der Waals surface area contributed by atoms with Crippen LogP contribution in [0.1, 0.15) is 16.7 Å². The number of rotatable bonds is 3. The van der Waals surface area contributed by atoms with Gasteiger partial charge in [-0.25, -0.2) is 14.6 Å². The summed E-state index contributed by atoms with van der Waals surface area (Å²) in [5.41, 5.74) is 1.49. The molecule has 0 fully saturated rings. The Labute approximate surface area is 167 Å². The molecule has 0 amide bonds. The second-order valence-electron chi connectivity index (χ2n) is 6.25. The maximum atomic E-state index is 12.8. The van der Waals surface area contributed by atoms with E-state index in [1.165, 1.54) is 40.2 Å². The zero-order chi connectivity index (χ0) is 21.3. The molecule has 0 atom stereocenters. The van der Waals surface area contributed by atoms with Crippen molar-refractivity contribution >= 4 is 17.4 Å². The lowest BCUT2D eigenvalue weighted by Crippen LogP contribution is -2.18. The average Bonchev–Trinajstić information content (AvgIpc) is 3.18. The standard InChI is InChI=1S/C20H12F3N7/c21-20(22,23)15-5-7-16(8-6-15)29-11-26-17-18(25)30(12-27-19(17)29)28-10-14-3-1-13(9-24)2-4-14/h1-8,10-12,25H. The summed E-state index contributed by atoms with van der Waals surface area (Å²) in [7, 11) is 0. The molecule has 0 spiro atoms. The van der Waals surface area contributed by atoms with Crippen LogP contribution in [0.2, 0.25) is 0 Å². The number of benzene rings is 2. The summed E-state index contributed by atoms with van der Waals surface area (Å²) >= 11 is 0. The lowest BCUT2D eigenvalue weighted by atomic mass is 10.2. The Kier molecular flexibility index (Phi) is 4.63. The number of fused-ring (bicyclic) bond motifs is 1. The minimum atomic E-state index is -4.42. The second kappa shape index (κ2) is 7.29. The van der Waals surface area contributed by atoms with E-state index in [0.29, 0.717) is 16.9 Å². The molecule has 0 saturated heterocycles. The summed E-state index contributed by atoms with van der Waals surface area (Å²) in [5.74, 6) is 0. The van der Waals surface area contributed by atoms with Crippen LogP contribution in [-0.4, -0.2) is 25.4 Å². The highest BCUT2D eigenvalue weighted by atomic mass is 19.4. The van der Waals surface area contributed by atoms with Gasteiger partial charge in [0.05, 0.1) is 23.4 Å². The number of halogens is 3. The molecule has 0 aliphatic carbocycles. The van der Waals surface area contributed by atoms with Crippen LogP contribution in [0, 0.1) is 16.7 Å². The van der Waals surface area contributed by atoms with Gasteiger partial charge in [-0.3, -0.25) is 9.98 Å². The Balaban J connectivity index is 1.67. The summed E-state index contributed by atoms with van der Waals surface area (Å²) in [6.07, 6.45) is -0.180. The highest BCUT2D eigenvalue weighted by molar-refractivity contribution is 5.79. The maximum absolute atomic E-state index is 12.8. The Morgan fingerprint density at radius 2 is 1.70 bits per heavy atom. The quantitative estimate of drug-likeness (QED) is 0.527. The highest BCUT2D eigenvalue weighted by Crippen LogP contribution is 2.29. The summed E-state index contributed by atoms with van der Waals surface area (Å²) in [6, 6.07) is 13.4. The number of hydrogen-bond acceptors (Lipinski definition) is 5.